The SMILES string of the molecule is CN(C(=O)c1ccccc1)c1nc2ccccc2n1CC(=O)O. The lowest BCUT2D eigenvalue weighted by Gasteiger charge is -2.17. The van der Waals surface area contributed by atoms with Crippen LogP contribution in [0.4, 0.5) is 5.95 Å². The van der Waals surface area contributed by atoms with Crippen LogP contribution >= 0.6 is 0 Å². The maximum absolute atomic E-state index is 12.6. The zero-order valence-corrected chi connectivity index (χ0v) is 12.5. The number of carboxylic acids is 1. The van der Waals surface area contributed by atoms with Gasteiger partial charge < -0.3 is 5.11 Å². The molecule has 23 heavy (non-hydrogen) atoms. The van der Waals surface area contributed by atoms with Gasteiger partial charge in [-0.1, -0.05) is 30.3 Å². The Hall–Kier alpha value is -3.15. The van der Waals surface area contributed by atoms with Crippen molar-refractivity contribution in [2.24, 2.45) is 0 Å². The minimum atomic E-state index is -0.991. The van der Waals surface area contributed by atoms with Crippen LogP contribution in [0.3, 0.4) is 0 Å². The summed E-state index contributed by atoms with van der Waals surface area (Å²) in [5.74, 6) is -0.926. The first-order chi connectivity index (χ1) is 11.1. The van der Waals surface area contributed by atoms with E-state index in [1.54, 1.807) is 43.4 Å². The minimum Gasteiger partial charge on any atom is -0.480 e. The Bertz CT molecular complexity index is 871. The normalized spacial score (nSPS) is 10.7. The van der Waals surface area contributed by atoms with Crippen LogP contribution in [-0.4, -0.2) is 33.6 Å². The molecule has 0 aliphatic heterocycles. The molecular formula is C17H15N3O3. The van der Waals surface area contributed by atoms with Crippen LogP contribution in [0.2, 0.25) is 0 Å². The monoisotopic (exact) mass is 309 g/mol. The third kappa shape index (κ3) is 2.78. The molecule has 0 spiro atoms. The average molecular weight is 309 g/mol. The Morgan fingerprint density at radius 2 is 1.74 bits per heavy atom. The summed E-state index contributed by atoms with van der Waals surface area (Å²) in [6.45, 7) is -0.262. The van der Waals surface area contributed by atoms with E-state index in [4.69, 9.17) is 5.11 Å². The summed E-state index contributed by atoms with van der Waals surface area (Å²) in [5, 5.41) is 9.15. The van der Waals surface area contributed by atoms with Crippen molar-refractivity contribution in [1.82, 2.24) is 9.55 Å². The highest BCUT2D eigenvalue weighted by Gasteiger charge is 2.21. The van der Waals surface area contributed by atoms with Gasteiger partial charge in [-0.25, -0.2) is 4.98 Å². The highest BCUT2D eigenvalue weighted by molar-refractivity contribution is 6.05. The summed E-state index contributed by atoms with van der Waals surface area (Å²) >= 11 is 0. The fraction of sp³-hybridized carbons (Fsp3) is 0.118. The second kappa shape index (κ2) is 5.92. The Morgan fingerprint density at radius 3 is 2.43 bits per heavy atom. The van der Waals surface area contributed by atoms with Gasteiger partial charge >= 0.3 is 5.97 Å². The lowest BCUT2D eigenvalue weighted by Crippen LogP contribution is -2.29. The smallest absolute Gasteiger partial charge is 0.323 e. The van der Waals surface area contributed by atoms with Gasteiger partial charge in [0.2, 0.25) is 5.95 Å². The van der Waals surface area contributed by atoms with Gasteiger partial charge in [0.15, 0.2) is 0 Å². The molecule has 0 aliphatic rings. The van der Waals surface area contributed by atoms with Gasteiger partial charge in [-0.2, -0.15) is 0 Å². The first-order valence-corrected chi connectivity index (χ1v) is 7.08. The number of aromatic nitrogens is 2. The predicted octanol–water partition coefficient (Wildman–Crippen LogP) is 2.40. The average Bonchev–Trinajstić information content (AvgIpc) is 2.92. The molecule has 0 bridgehead atoms. The summed E-state index contributed by atoms with van der Waals surface area (Å²) < 4.78 is 1.53. The van der Waals surface area contributed by atoms with Gasteiger partial charge in [-0.15, -0.1) is 0 Å². The number of carboxylic acid groups (broad SMARTS) is 1. The van der Waals surface area contributed by atoms with Crippen LogP contribution in [0.1, 0.15) is 10.4 Å². The molecule has 3 aromatic rings. The fourth-order valence-electron chi connectivity index (χ4n) is 2.48. The molecule has 3 rings (SSSR count). The van der Waals surface area contributed by atoms with Crippen molar-refractivity contribution < 1.29 is 14.7 Å². The number of carbonyl (C=O) groups is 2. The fourth-order valence-corrected chi connectivity index (χ4v) is 2.48. The number of anilines is 1. The van der Waals surface area contributed by atoms with Gasteiger partial charge in [0.05, 0.1) is 11.0 Å². The Morgan fingerprint density at radius 1 is 1.09 bits per heavy atom. The van der Waals surface area contributed by atoms with E-state index < -0.39 is 5.97 Å². The van der Waals surface area contributed by atoms with E-state index in [0.29, 0.717) is 22.5 Å². The third-order valence-corrected chi connectivity index (χ3v) is 3.55. The number of amides is 1. The number of hydrogen-bond acceptors (Lipinski definition) is 3. The van der Waals surface area contributed by atoms with Gasteiger partial charge in [-0.05, 0) is 24.3 Å². The maximum Gasteiger partial charge on any atom is 0.323 e. The maximum atomic E-state index is 12.6. The number of aliphatic carboxylic acids is 1. The van der Waals surface area contributed by atoms with E-state index in [-0.39, 0.29) is 12.5 Å². The van der Waals surface area contributed by atoms with Crippen LogP contribution in [0.15, 0.2) is 54.6 Å². The van der Waals surface area contributed by atoms with Crippen LogP contribution in [0, 0.1) is 0 Å². The van der Waals surface area contributed by atoms with Crippen molar-refractivity contribution in [2.75, 3.05) is 11.9 Å². The Balaban J connectivity index is 2.07. The van der Waals surface area contributed by atoms with Crippen molar-refractivity contribution in [2.45, 2.75) is 6.54 Å². The molecule has 0 aliphatic carbocycles. The molecule has 6 heteroatoms. The molecule has 1 amide bonds. The summed E-state index contributed by atoms with van der Waals surface area (Å²) in [5.41, 5.74) is 1.85. The Labute approximate surface area is 132 Å². The van der Waals surface area contributed by atoms with E-state index in [0.717, 1.165) is 0 Å². The minimum absolute atomic E-state index is 0.243. The quantitative estimate of drug-likeness (QED) is 0.803. The lowest BCUT2D eigenvalue weighted by molar-refractivity contribution is -0.137. The van der Waals surface area contributed by atoms with Crippen molar-refractivity contribution >= 4 is 28.9 Å². The standard InChI is InChI=1S/C17H15N3O3/c1-19(16(23)12-7-3-2-4-8-12)17-18-13-9-5-6-10-14(13)20(17)11-15(21)22/h2-10H,11H2,1H3,(H,21,22). The van der Waals surface area contributed by atoms with Gasteiger partial charge in [0.25, 0.3) is 5.91 Å². The molecule has 0 radical (unpaired) electrons. The number of rotatable bonds is 4. The van der Waals surface area contributed by atoms with Crippen LogP contribution in [0.5, 0.6) is 0 Å². The molecule has 0 saturated heterocycles. The van der Waals surface area contributed by atoms with Gasteiger partial charge in [-0.3, -0.25) is 19.1 Å². The topological polar surface area (TPSA) is 75.4 Å². The zero-order chi connectivity index (χ0) is 16.4. The molecule has 2 aromatic carbocycles. The van der Waals surface area contributed by atoms with Crippen LogP contribution in [0.25, 0.3) is 11.0 Å². The van der Waals surface area contributed by atoms with Crippen molar-refractivity contribution in [3.63, 3.8) is 0 Å². The summed E-state index contributed by atoms with van der Waals surface area (Å²) in [6.07, 6.45) is 0. The second-order valence-corrected chi connectivity index (χ2v) is 5.11. The first kappa shape index (κ1) is 14.8. The van der Waals surface area contributed by atoms with Gasteiger partial charge in [0.1, 0.15) is 6.54 Å². The highest BCUT2D eigenvalue weighted by atomic mass is 16.4. The summed E-state index contributed by atoms with van der Waals surface area (Å²) in [6, 6.07) is 16.0. The van der Waals surface area contributed by atoms with E-state index in [9.17, 15) is 9.59 Å². The summed E-state index contributed by atoms with van der Waals surface area (Å²) in [7, 11) is 1.59. The van der Waals surface area contributed by atoms with E-state index >= 15 is 0 Å². The third-order valence-electron chi connectivity index (χ3n) is 3.55. The second-order valence-electron chi connectivity index (χ2n) is 5.11. The molecular weight excluding hydrogens is 294 g/mol. The largest absolute Gasteiger partial charge is 0.480 e. The molecule has 0 unspecified atom stereocenters. The number of imidazole rings is 1. The Kier molecular flexibility index (Phi) is 3.80. The van der Waals surface area contributed by atoms with Crippen molar-refractivity contribution in [3.05, 3.63) is 60.2 Å². The molecule has 0 atom stereocenters. The molecule has 1 heterocycles. The molecule has 0 fully saturated rings. The molecule has 6 nitrogen and oxygen atoms in total. The van der Waals surface area contributed by atoms with Crippen LogP contribution in [-0.2, 0) is 11.3 Å². The molecule has 1 aromatic heterocycles. The van der Waals surface area contributed by atoms with E-state index in [1.807, 2.05) is 18.2 Å². The number of benzene rings is 2. The predicted molar refractivity (Wildman–Crippen MR) is 86.5 cm³/mol. The van der Waals surface area contributed by atoms with Crippen molar-refractivity contribution in [3.8, 4) is 0 Å². The van der Waals surface area contributed by atoms with Crippen molar-refractivity contribution in [1.29, 1.82) is 0 Å². The summed E-state index contributed by atoms with van der Waals surface area (Å²) in [4.78, 5) is 29.5. The van der Waals surface area contributed by atoms with E-state index in [2.05, 4.69) is 4.98 Å². The van der Waals surface area contributed by atoms with Crippen LogP contribution < -0.4 is 4.90 Å². The zero-order valence-electron chi connectivity index (χ0n) is 12.5. The number of carbonyl (C=O) groups excluding carboxylic acids is 1. The lowest BCUT2D eigenvalue weighted by atomic mass is 10.2. The van der Waals surface area contributed by atoms with E-state index in [1.165, 1.54) is 9.47 Å². The molecule has 0 saturated carbocycles. The first-order valence-electron chi connectivity index (χ1n) is 7.08. The number of nitrogens with zero attached hydrogens (tertiary/aromatic N) is 3. The number of hydrogen-bond donors (Lipinski definition) is 1. The number of para-hydroxylation sites is 2. The molecule has 1 N–H and O–H groups in total. The highest BCUT2D eigenvalue weighted by Crippen LogP contribution is 2.23. The number of fused-ring (bicyclic) bond motifs is 1. The molecule has 116 valence electrons. The van der Waals surface area contributed by atoms with Gasteiger partial charge in [0, 0.05) is 12.6 Å².